The molecular formula is C21H16BrN3O4. The Hall–Kier alpha value is -3.52. The van der Waals surface area contributed by atoms with E-state index < -0.39 is 4.92 Å². The molecule has 0 fully saturated rings. The van der Waals surface area contributed by atoms with Crippen molar-refractivity contribution < 1.29 is 14.5 Å². The zero-order chi connectivity index (χ0) is 20.6. The van der Waals surface area contributed by atoms with Crippen molar-refractivity contribution in [2.24, 2.45) is 5.10 Å². The Bertz CT molecular complexity index is 1050. The summed E-state index contributed by atoms with van der Waals surface area (Å²) < 4.78 is 6.41. The molecule has 1 amide bonds. The van der Waals surface area contributed by atoms with Crippen LogP contribution in [0, 0.1) is 10.1 Å². The van der Waals surface area contributed by atoms with Crippen molar-refractivity contribution in [2.75, 3.05) is 0 Å². The van der Waals surface area contributed by atoms with Gasteiger partial charge in [0.25, 0.3) is 11.6 Å². The number of carbonyl (C=O) groups excluding carboxylic acids is 1. The molecule has 0 atom stereocenters. The van der Waals surface area contributed by atoms with Gasteiger partial charge in [-0.1, -0.05) is 24.3 Å². The summed E-state index contributed by atoms with van der Waals surface area (Å²) in [5.41, 5.74) is 4.58. The van der Waals surface area contributed by atoms with Gasteiger partial charge in [-0.05, 0) is 63.5 Å². The minimum Gasteiger partial charge on any atom is -0.489 e. The summed E-state index contributed by atoms with van der Waals surface area (Å²) in [6.45, 7) is 0.275. The van der Waals surface area contributed by atoms with E-state index in [1.807, 2.05) is 18.2 Å². The number of nitro benzene ring substituents is 1. The molecule has 8 heteroatoms. The molecule has 3 aromatic rings. The fourth-order valence-electron chi connectivity index (χ4n) is 2.44. The standard InChI is InChI=1S/C21H16BrN3O4/c22-20-7-2-1-6-19(20)21(26)24-23-13-16-4-3-5-18(12-16)29-14-15-8-10-17(11-9-15)25(27)28/h1-13H,14H2,(H,24,26)/b23-13-. The molecule has 1 N–H and O–H groups in total. The van der Waals surface area contributed by atoms with Crippen LogP contribution in [0.4, 0.5) is 5.69 Å². The van der Waals surface area contributed by atoms with Gasteiger partial charge < -0.3 is 4.74 Å². The van der Waals surface area contributed by atoms with Crippen LogP contribution in [-0.4, -0.2) is 17.0 Å². The molecule has 0 aliphatic rings. The summed E-state index contributed by atoms with van der Waals surface area (Å²) in [4.78, 5) is 22.4. The molecule has 29 heavy (non-hydrogen) atoms. The second kappa shape index (κ2) is 9.61. The van der Waals surface area contributed by atoms with Gasteiger partial charge in [0.05, 0.1) is 16.7 Å². The molecular weight excluding hydrogens is 438 g/mol. The molecule has 7 nitrogen and oxygen atoms in total. The molecule has 0 aliphatic carbocycles. The van der Waals surface area contributed by atoms with E-state index in [4.69, 9.17) is 4.74 Å². The van der Waals surface area contributed by atoms with Crippen LogP contribution in [0.25, 0.3) is 0 Å². The number of hydrogen-bond acceptors (Lipinski definition) is 5. The van der Waals surface area contributed by atoms with Crippen LogP contribution in [0.2, 0.25) is 0 Å². The first kappa shape index (κ1) is 20.2. The maximum Gasteiger partial charge on any atom is 0.272 e. The van der Waals surface area contributed by atoms with E-state index in [0.717, 1.165) is 11.1 Å². The number of benzene rings is 3. The van der Waals surface area contributed by atoms with Gasteiger partial charge in [0.2, 0.25) is 0 Å². The lowest BCUT2D eigenvalue weighted by molar-refractivity contribution is -0.384. The third kappa shape index (κ3) is 5.73. The maximum atomic E-state index is 12.1. The van der Waals surface area contributed by atoms with Crippen LogP contribution < -0.4 is 10.2 Å². The molecule has 0 unspecified atom stereocenters. The Morgan fingerprint density at radius 3 is 2.59 bits per heavy atom. The number of non-ortho nitro benzene ring substituents is 1. The lowest BCUT2D eigenvalue weighted by Gasteiger charge is -2.07. The van der Waals surface area contributed by atoms with Crippen molar-refractivity contribution >= 4 is 33.7 Å². The molecule has 0 radical (unpaired) electrons. The first-order valence-electron chi connectivity index (χ1n) is 8.57. The monoisotopic (exact) mass is 453 g/mol. The average Bonchev–Trinajstić information content (AvgIpc) is 2.73. The number of nitrogens with zero attached hydrogens (tertiary/aromatic N) is 2. The minimum absolute atomic E-state index is 0.0385. The number of hydrogen-bond donors (Lipinski definition) is 1. The van der Waals surface area contributed by atoms with E-state index in [1.54, 1.807) is 42.5 Å². The predicted octanol–water partition coefficient (Wildman–Crippen LogP) is 4.70. The van der Waals surface area contributed by atoms with Gasteiger partial charge in [0.15, 0.2) is 0 Å². The number of nitrogens with one attached hydrogen (secondary N) is 1. The summed E-state index contributed by atoms with van der Waals surface area (Å²) in [5.74, 6) is 0.295. The summed E-state index contributed by atoms with van der Waals surface area (Å²) in [6.07, 6.45) is 1.52. The summed E-state index contributed by atoms with van der Waals surface area (Å²) in [6, 6.07) is 20.5. The topological polar surface area (TPSA) is 93.8 Å². The second-order valence-corrected chi connectivity index (χ2v) is 6.82. The molecule has 3 rings (SSSR count). The summed E-state index contributed by atoms with van der Waals surface area (Å²) >= 11 is 3.33. The molecule has 0 spiro atoms. The van der Waals surface area contributed by atoms with Crippen LogP contribution >= 0.6 is 15.9 Å². The van der Waals surface area contributed by atoms with Gasteiger partial charge in [-0.2, -0.15) is 5.10 Å². The van der Waals surface area contributed by atoms with E-state index in [9.17, 15) is 14.9 Å². The van der Waals surface area contributed by atoms with Crippen molar-refractivity contribution in [2.45, 2.75) is 6.61 Å². The largest absolute Gasteiger partial charge is 0.489 e. The number of carbonyl (C=O) groups is 1. The fraction of sp³-hybridized carbons (Fsp3) is 0.0476. The van der Waals surface area contributed by atoms with E-state index in [2.05, 4.69) is 26.5 Å². The second-order valence-electron chi connectivity index (χ2n) is 5.96. The molecule has 0 saturated heterocycles. The lowest BCUT2D eigenvalue weighted by Crippen LogP contribution is -2.18. The Morgan fingerprint density at radius 2 is 1.86 bits per heavy atom. The highest BCUT2D eigenvalue weighted by atomic mass is 79.9. The minimum atomic E-state index is -0.442. The maximum absolute atomic E-state index is 12.1. The number of amides is 1. The van der Waals surface area contributed by atoms with Crippen molar-refractivity contribution in [1.82, 2.24) is 5.43 Å². The van der Waals surface area contributed by atoms with Gasteiger partial charge in [-0.15, -0.1) is 0 Å². The molecule has 146 valence electrons. The SMILES string of the molecule is O=C(N/N=C\c1cccc(OCc2ccc([N+](=O)[O-])cc2)c1)c1ccccc1Br. The molecule has 0 saturated carbocycles. The number of hydrazone groups is 1. The van der Waals surface area contributed by atoms with Crippen LogP contribution in [0.3, 0.4) is 0 Å². The normalized spacial score (nSPS) is 10.7. The zero-order valence-corrected chi connectivity index (χ0v) is 16.7. The molecule has 3 aromatic carbocycles. The van der Waals surface area contributed by atoms with E-state index in [1.165, 1.54) is 18.3 Å². The van der Waals surface area contributed by atoms with E-state index in [0.29, 0.717) is 15.8 Å². The lowest BCUT2D eigenvalue weighted by atomic mass is 10.2. The molecule has 0 bridgehead atoms. The predicted molar refractivity (Wildman–Crippen MR) is 113 cm³/mol. The third-order valence-electron chi connectivity index (χ3n) is 3.91. The Morgan fingerprint density at radius 1 is 1.10 bits per heavy atom. The Labute approximate surface area is 175 Å². The highest BCUT2D eigenvalue weighted by molar-refractivity contribution is 9.10. The van der Waals surface area contributed by atoms with Gasteiger partial charge in [0.1, 0.15) is 12.4 Å². The van der Waals surface area contributed by atoms with Gasteiger partial charge in [0, 0.05) is 16.6 Å². The van der Waals surface area contributed by atoms with Crippen molar-refractivity contribution in [1.29, 1.82) is 0 Å². The van der Waals surface area contributed by atoms with Gasteiger partial charge in [-0.25, -0.2) is 5.43 Å². The number of rotatable bonds is 7. The smallest absolute Gasteiger partial charge is 0.272 e. The van der Waals surface area contributed by atoms with Crippen LogP contribution in [0.5, 0.6) is 5.75 Å². The first-order valence-corrected chi connectivity index (χ1v) is 9.36. The average molecular weight is 454 g/mol. The van der Waals surface area contributed by atoms with Crippen LogP contribution in [-0.2, 0) is 6.61 Å². The van der Waals surface area contributed by atoms with E-state index >= 15 is 0 Å². The van der Waals surface area contributed by atoms with Crippen LogP contribution in [0.1, 0.15) is 21.5 Å². The number of nitro groups is 1. The molecule has 0 aromatic heterocycles. The highest BCUT2D eigenvalue weighted by Gasteiger charge is 2.07. The van der Waals surface area contributed by atoms with Crippen LogP contribution in [0.15, 0.2) is 82.4 Å². The number of halogens is 1. The number of ether oxygens (including phenoxy) is 1. The quantitative estimate of drug-likeness (QED) is 0.318. The molecule has 0 heterocycles. The zero-order valence-electron chi connectivity index (χ0n) is 15.1. The van der Waals surface area contributed by atoms with Gasteiger partial charge >= 0.3 is 0 Å². The third-order valence-corrected chi connectivity index (χ3v) is 4.60. The fourth-order valence-corrected chi connectivity index (χ4v) is 2.90. The van der Waals surface area contributed by atoms with Gasteiger partial charge in [-0.3, -0.25) is 14.9 Å². The Balaban J connectivity index is 1.57. The first-order chi connectivity index (χ1) is 14.0. The highest BCUT2D eigenvalue weighted by Crippen LogP contribution is 2.17. The van der Waals surface area contributed by atoms with Crippen molar-refractivity contribution in [3.05, 3.63) is 104 Å². The molecule has 0 aliphatic heterocycles. The van der Waals surface area contributed by atoms with E-state index in [-0.39, 0.29) is 18.2 Å². The summed E-state index contributed by atoms with van der Waals surface area (Å²) in [5, 5.41) is 14.7. The summed E-state index contributed by atoms with van der Waals surface area (Å²) in [7, 11) is 0. The Kier molecular flexibility index (Phi) is 6.70. The van der Waals surface area contributed by atoms with Crippen molar-refractivity contribution in [3.8, 4) is 5.75 Å². The van der Waals surface area contributed by atoms with Crippen molar-refractivity contribution in [3.63, 3.8) is 0 Å².